The first-order valence-corrected chi connectivity index (χ1v) is 10.0. The molecule has 7 heteroatoms. The minimum Gasteiger partial charge on any atom is -0.352 e. The van der Waals surface area contributed by atoms with Crippen LogP contribution in [0.15, 0.2) is 71.7 Å². The Morgan fingerprint density at radius 3 is 2.29 bits per heavy atom. The van der Waals surface area contributed by atoms with Gasteiger partial charge in [-0.25, -0.2) is 4.39 Å². The molecule has 1 heterocycles. The Labute approximate surface area is 179 Å². The van der Waals surface area contributed by atoms with Crippen LogP contribution in [0.4, 0.5) is 10.1 Å². The minimum atomic E-state index is -0.605. The molecule has 0 spiro atoms. The maximum Gasteiger partial charge on any atom is 0.267 e. The van der Waals surface area contributed by atoms with Gasteiger partial charge in [0.05, 0.1) is 5.56 Å². The van der Waals surface area contributed by atoms with Gasteiger partial charge in [0.2, 0.25) is 0 Å². The van der Waals surface area contributed by atoms with Crippen LogP contribution < -0.4 is 16.2 Å². The van der Waals surface area contributed by atoms with Crippen molar-refractivity contribution >= 4 is 17.5 Å². The summed E-state index contributed by atoms with van der Waals surface area (Å²) in [6, 6.07) is 15.3. The number of carbonyl (C=O) groups excluding carboxylic acids is 2. The molecule has 2 amide bonds. The lowest BCUT2D eigenvalue weighted by atomic mass is 10.1. The Balaban J connectivity index is 1.75. The molecule has 0 saturated heterocycles. The summed E-state index contributed by atoms with van der Waals surface area (Å²) < 4.78 is 15.1. The zero-order valence-corrected chi connectivity index (χ0v) is 17.4. The SMILES string of the molecule is CC(C)CCNC(=O)c1cccn(-c2ccc(NC(=O)c3ccccc3F)cc2)c1=O. The number of benzene rings is 2. The Bertz CT molecular complexity index is 1140. The number of carbonyl (C=O) groups is 2. The van der Waals surface area contributed by atoms with E-state index in [9.17, 15) is 18.8 Å². The van der Waals surface area contributed by atoms with Gasteiger partial charge in [0.1, 0.15) is 11.4 Å². The fourth-order valence-corrected chi connectivity index (χ4v) is 2.99. The number of nitrogens with one attached hydrogen (secondary N) is 2. The molecule has 0 atom stereocenters. The topological polar surface area (TPSA) is 80.2 Å². The predicted molar refractivity (Wildman–Crippen MR) is 118 cm³/mol. The van der Waals surface area contributed by atoms with Gasteiger partial charge in [0.15, 0.2) is 0 Å². The number of hydrogen-bond donors (Lipinski definition) is 2. The van der Waals surface area contributed by atoms with E-state index in [0.717, 1.165) is 6.42 Å². The molecule has 0 bridgehead atoms. The smallest absolute Gasteiger partial charge is 0.267 e. The van der Waals surface area contributed by atoms with Crippen LogP contribution in [-0.4, -0.2) is 22.9 Å². The van der Waals surface area contributed by atoms with Crippen molar-refractivity contribution in [2.45, 2.75) is 20.3 Å². The van der Waals surface area contributed by atoms with Crippen molar-refractivity contribution in [3.8, 4) is 5.69 Å². The molecule has 3 aromatic rings. The van der Waals surface area contributed by atoms with Crippen molar-refractivity contribution < 1.29 is 14.0 Å². The largest absolute Gasteiger partial charge is 0.352 e. The highest BCUT2D eigenvalue weighted by atomic mass is 19.1. The number of amides is 2. The van der Waals surface area contributed by atoms with Crippen LogP contribution in [0.1, 0.15) is 41.0 Å². The zero-order chi connectivity index (χ0) is 22.4. The van der Waals surface area contributed by atoms with Gasteiger partial charge in [0.25, 0.3) is 17.4 Å². The van der Waals surface area contributed by atoms with Crippen LogP contribution in [0.5, 0.6) is 0 Å². The number of aromatic nitrogens is 1. The van der Waals surface area contributed by atoms with Gasteiger partial charge in [-0.3, -0.25) is 19.0 Å². The van der Waals surface area contributed by atoms with Crippen molar-refractivity contribution in [1.29, 1.82) is 0 Å². The molecule has 0 radical (unpaired) electrons. The standard InChI is InChI=1S/C24H24FN3O3/c1-16(2)13-14-26-22(29)20-7-5-15-28(24(20)31)18-11-9-17(10-12-18)27-23(30)19-6-3-4-8-21(19)25/h3-12,15-16H,13-14H2,1-2H3,(H,26,29)(H,27,30). The lowest BCUT2D eigenvalue weighted by Crippen LogP contribution is -2.33. The minimum absolute atomic E-state index is 0.0565. The van der Waals surface area contributed by atoms with E-state index >= 15 is 0 Å². The maximum absolute atomic E-state index is 13.8. The highest BCUT2D eigenvalue weighted by Gasteiger charge is 2.14. The van der Waals surface area contributed by atoms with E-state index in [2.05, 4.69) is 24.5 Å². The van der Waals surface area contributed by atoms with Crippen molar-refractivity contribution in [3.63, 3.8) is 0 Å². The normalized spacial score (nSPS) is 10.7. The highest BCUT2D eigenvalue weighted by molar-refractivity contribution is 6.04. The first-order valence-electron chi connectivity index (χ1n) is 10.0. The van der Waals surface area contributed by atoms with E-state index in [-0.39, 0.29) is 11.1 Å². The number of pyridine rings is 1. The van der Waals surface area contributed by atoms with Crippen LogP contribution in [0, 0.1) is 11.7 Å². The summed E-state index contributed by atoms with van der Waals surface area (Å²) in [4.78, 5) is 37.4. The third kappa shape index (κ3) is 5.45. The molecule has 6 nitrogen and oxygen atoms in total. The second kappa shape index (κ2) is 9.84. The molecule has 31 heavy (non-hydrogen) atoms. The Kier molecular flexibility index (Phi) is 6.97. The summed E-state index contributed by atoms with van der Waals surface area (Å²) in [5.74, 6) is -1.13. The van der Waals surface area contributed by atoms with Crippen molar-refractivity contribution in [2.75, 3.05) is 11.9 Å². The quantitative estimate of drug-likeness (QED) is 0.605. The fraction of sp³-hybridized carbons (Fsp3) is 0.208. The summed E-state index contributed by atoms with van der Waals surface area (Å²) in [5, 5.41) is 5.39. The molecule has 0 saturated carbocycles. The lowest BCUT2D eigenvalue weighted by molar-refractivity contribution is 0.0949. The van der Waals surface area contributed by atoms with Gasteiger partial charge in [-0.1, -0.05) is 26.0 Å². The molecular weight excluding hydrogens is 397 g/mol. The van der Waals surface area contributed by atoms with Crippen molar-refractivity contribution in [3.05, 3.63) is 94.2 Å². The summed E-state index contributed by atoms with van der Waals surface area (Å²) >= 11 is 0. The van der Waals surface area contributed by atoms with E-state index in [1.807, 2.05) is 0 Å². The number of anilines is 1. The van der Waals surface area contributed by atoms with E-state index in [0.29, 0.717) is 23.8 Å². The van der Waals surface area contributed by atoms with E-state index in [1.54, 1.807) is 42.6 Å². The average Bonchev–Trinajstić information content (AvgIpc) is 2.74. The molecule has 0 aliphatic rings. The first-order chi connectivity index (χ1) is 14.9. The van der Waals surface area contributed by atoms with Crippen LogP contribution in [0.2, 0.25) is 0 Å². The second-order valence-corrected chi connectivity index (χ2v) is 7.52. The molecular formula is C24H24FN3O3. The highest BCUT2D eigenvalue weighted by Crippen LogP contribution is 2.15. The third-order valence-electron chi connectivity index (χ3n) is 4.72. The van der Waals surface area contributed by atoms with Crippen LogP contribution in [-0.2, 0) is 0 Å². The number of hydrogen-bond acceptors (Lipinski definition) is 3. The van der Waals surface area contributed by atoms with Crippen LogP contribution in [0.3, 0.4) is 0 Å². The van der Waals surface area contributed by atoms with Gasteiger partial charge < -0.3 is 10.6 Å². The molecule has 0 aliphatic heterocycles. The third-order valence-corrected chi connectivity index (χ3v) is 4.72. The molecule has 2 N–H and O–H groups in total. The van der Waals surface area contributed by atoms with Gasteiger partial charge in [0, 0.05) is 24.1 Å². The summed E-state index contributed by atoms with van der Waals surface area (Å²) in [6.45, 7) is 4.62. The van der Waals surface area contributed by atoms with Gasteiger partial charge in [-0.15, -0.1) is 0 Å². The average molecular weight is 421 g/mol. The molecule has 0 unspecified atom stereocenters. The zero-order valence-electron chi connectivity index (χ0n) is 17.4. The van der Waals surface area contributed by atoms with Gasteiger partial charge >= 0.3 is 0 Å². The molecule has 1 aromatic heterocycles. The summed E-state index contributed by atoms with van der Waals surface area (Å²) in [5.41, 5.74) is 0.549. The Morgan fingerprint density at radius 1 is 0.935 bits per heavy atom. The molecule has 0 aliphatic carbocycles. The van der Waals surface area contributed by atoms with E-state index < -0.39 is 23.2 Å². The first kappa shape index (κ1) is 22.0. The van der Waals surface area contributed by atoms with Crippen molar-refractivity contribution in [2.24, 2.45) is 5.92 Å². The predicted octanol–water partition coefficient (Wildman–Crippen LogP) is 4.00. The van der Waals surface area contributed by atoms with Crippen molar-refractivity contribution in [1.82, 2.24) is 9.88 Å². The second-order valence-electron chi connectivity index (χ2n) is 7.52. The van der Waals surface area contributed by atoms with Gasteiger partial charge in [-0.05, 0) is 60.9 Å². The summed E-state index contributed by atoms with van der Waals surface area (Å²) in [6.07, 6.45) is 2.40. The monoisotopic (exact) mass is 421 g/mol. The number of nitrogens with zero attached hydrogens (tertiary/aromatic N) is 1. The molecule has 2 aromatic carbocycles. The lowest BCUT2D eigenvalue weighted by Gasteiger charge is -2.11. The number of rotatable bonds is 7. The number of halogens is 1. The van der Waals surface area contributed by atoms with Gasteiger partial charge in [-0.2, -0.15) is 0 Å². The Hall–Kier alpha value is -3.74. The maximum atomic E-state index is 13.8. The summed E-state index contributed by atoms with van der Waals surface area (Å²) in [7, 11) is 0. The Morgan fingerprint density at radius 2 is 1.61 bits per heavy atom. The fourth-order valence-electron chi connectivity index (χ4n) is 2.99. The van der Waals surface area contributed by atoms with E-state index in [4.69, 9.17) is 0 Å². The molecule has 3 rings (SSSR count). The molecule has 0 fully saturated rings. The molecule has 160 valence electrons. The van der Waals surface area contributed by atoms with Crippen LogP contribution in [0.25, 0.3) is 5.69 Å². The van der Waals surface area contributed by atoms with E-state index in [1.165, 1.54) is 28.8 Å². The van der Waals surface area contributed by atoms with Crippen LogP contribution >= 0.6 is 0 Å².